The van der Waals surface area contributed by atoms with Gasteiger partial charge in [-0.15, -0.1) is 0 Å². The Balaban J connectivity index is 1.45. The number of hydrogen-bond acceptors (Lipinski definition) is 14. The van der Waals surface area contributed by atoms with Gasteiger partial charge < -0.3 is 49.3 Å². The number of nitrogens with one attached hydrogen (secondary N) is 1. The molecular weight excluding hydrogens is 811 g/mol. The van der Waals surface area contributed by atoms with Crippen molar-refractivity contribution in [2.24, 2.45) is 35.5 Å². The third-order valence-corrected chi connectivity index (χ3v) is 13.3. The summed E-state index contributed by atoms with van der Waals surface area (Å²) in [5, 5.41) is 49.2. The highest BCUT2D eigenvalue weighted by Crippen LogP contribution is 2.42. The molecule has 4 aliphatic heterocycles. The minimum atomic E-state index is -1.92. The minimum absolute atomic E-state index is 0.0486. The number of aromatic nitrogens is 1. The van der Waals surface area contributed by atoms with E-state index < -0.39 is 76.1 Å². The molecule has 0 unspecified atom stereocenters. The fraction of sp³-hybridized carbons (Fsp3) is 0.479. The molecule has 15 heteroatoms. The predicted molar refractivity (Wildman–Crippen MR) is 239 cm³/mol. The number of esters is 1. The number of nitrogens with zero attached hydrogens (tertiary/aromatic N) is 2. The van der Waals surface area contributed by atoms with Crippen LogP contribution in [-0.4, -0.2) is 74.5 Å². The van der Waals surface area contributed by atoms with E-state index in [2.05, 4.69) is 17.1 Å². The van der Waals surface area contributed by atoms with E-state index in [0.717, 1.165) is 32.0 Å². The van der Waals surface area contributed by atoms with Crippen LogP contribution in [0.25, 0.3) is 38.7 Å². The number of benzene rings is 3. The number of piperidine rings is 1. The van der Waals surface area contributed by atoms with Crippen LogP contribution in [0.2, 0.25) is 0 Å². The van der Waals surface area contributed by atoms with Gasteiger partial charge in [0.05, 0.1) is 29.1 Å². The van der Waals surface area contributed by atoms with Crippen LogP contribution in [-0.2, 0) is 19.1 Å². The number of phenolic OH excluding ortho intramolecular Hbond substituents is 1. The molecule has 4 aliphatic rings. The third kappa shape index (κ3) is 8.36. The van der Waals surface area contributed by atoms with E-state index in [1.54, 1.807) is 45.1 Å². The Hall–Kier alpha value is -5.93. The molecule has 15 nitrogen and oxygen atoms in total. The van der Waals surface area contributed by atoms with Gasteiger partial charge in [0.1, 0.15) is 23.1 Å². The van der Waals surface area contributed by atoms with Gasteiger partial charge >= 0.3 is 11.8 Å². The fourth-order valence-corrected chi connectivity index (χ4v) is 8.98. The quantitative estimate of drug-likeness (QED) is 0.0665. The molecule has 5 N–H and O–H groups in total. The van der Waals surface area contributed by atoms with Crippen LogP contribution in [0.1, 0.15) is 75.2 Å². The number of anilines is 2. The van der Waals surface area contributed by atoms with E-state index in [1.165, 1.54) is 39.2 Å². The molecule has 0 radical (unpaired) electrons. The molecule has 9 atom stereocenters. The maximum Gasteiger partial charge on any atom is 0.307 e. The smallest absolute Gasteiger partial charge is 0.307 e. The number of fused-ring (bicyclic) bond motifs is 14. The number of hydrogen-bond donors (Lipinski definition) is 5. The van der Waals surface area contributed by atoms with Crippen molar-refractivity contribution in [2.45, 2.75) is 99.3 Å². The second kappa shape index (κ2) is 17.3. The normalized spacial score (nSPS) is 30.8. The van der Waals surface area contributed by atoms with Gasteiger partial charge in [0.2, 0.25) is 5.43 Å². The summed E-state index contributed by atoms with van der Waals surface area (Å²) in [6.45, 7) is 16.9. The molecule has 0 saturated carbocycles. The van der Waals surface area contributed by atoms with E-state index in [0.29, 0.717) is 11.6 Å². The Morgan fingerprint density at radius 2 is 1.59 bits per heavy atom. The van der Waals surface area contributed by atoms with E-state index in [4.69, 9.17) is 23.6 Å². The molecule has 1 fully saturated rings. The summed E-state index contributed by atoms with van der Waals surface area (Å²) >= 11 is 0. The summed E-state index contributed by atoms with van der Waals surface area (Å²) in [6.07, 6.45) is 6.75. The molecular formula is C48H57N3O12. The lowest BCUT2D eigenvalue weighted by Crippen LogP contribution is -2.45. The molecule has 5 bridgehead atoms. The predicted octanol–water partition coefficient (Wildman–Crippen LogP) is 6.11. The number of aliphatic hydroxyl groups excluding tert-OH is 3. The highest BCUT2D eigenvalue weighted by molar-refractivity contribution is 6.18. The first-order valence-corrected chi connectivity index (χ1v) is 21.6. The number of amides is 1. The first kappa shape index (κ1) is 45.1. The van der Waals surface area contributed by atoms with Gasteiger partial charge in [-0.05, 0) is 43.6 Å². The lowest BCUT2D eigenvalue weighted by Gasteiger charge is -2.37. The number of carbonyl (C=O) groups is 2. The molecule has 336 valence electrons. The molecule has 0 spiro atoms. The average Bonchev–Trinajstić information content (AvgIpc) is 3.49. The zero-order valence-corrected chi connectivity index (χ0v) is 37.1. The molecule has 1 amide bonds. The third-order valence-electron chi connectivity index (χ3n) is 13.3. The SMILES string of the molecule is CC(=O)O[C@H]1[C@H](C)[C@H](O)[C@H](C)[C@@H](O)[C@@H](C)/C=C/C=C(/C)C(=O)Nc2c(O)c3c(=O)cc4c(c3c3nc5c(=O)cc(N6CCC(C)CC6)cc5oc23)=C(O)[C@@](C)(O/C=C/[C@H](C)[C@H]1C)O4. The Morgan fingerprint density at radius 3 is 2.27 bits per heavy atom. The van der Waals surface area contributed by atoms with Gasteiger partial charge in [0, 0.05) is 79.5 Å². The Bertz CT molecular complexity index is 2750. The number of phenols is 1. The number of rotatable bonds is 2. The first-order chi connectivity index (χ1) is 29.7. The second-order valence-electron chi connectivity index (χ2n) is 18.0. The van der Waals surface area contributed by atoms with Crippen molar-refractivity contribution in [1.82, 2.24) is 4.98 Å². The number of carbonyl (C=O) groups excluding carboxylic acids is 2. The molecule has 0 aliphatic carbocycles. The van der Waals surface area contributed by atoms with E-state index >= 15 is 0 Å². The molecule has 5 heterocycles. The van der Waals surface area contributed by atoms with Crippen molar-refractivity contribution >= 4 is 62.0 Å². The Kier molecular flexibility index (Phi) is 12.4. The van der Waals surface area contributed by atoms with Crippen LogP contribution in [0.5, 0.6) is 11.5 Å². The molecule has 1 aromatic heterocycles. The second-order valence-corrected chi connectivity index (χ2v) is 18.0. The number of ether oxygens (including phenoxy) is 3. The van der Waals surface area contributed by atoms with E-state index in [1.807, 2.05) is 13.8 Å². The largest absolute Gasteiger partial charge is 0.505 e. The summed E-state index contributed by atoms with van der Waals surface area (Å²) in [5.74, 6) is -6.37. The van der Waals surface area contributed by atoms with Gasteiger partial charge in [-0.3, -0.25) is 19.2 Å². The van der Waals surface area contributed by atoms with Gasteiger partial charge in [0.15, 0.2) is 33.6 Å². The Labute approximate surface area is 364 Å². The van der Waals surface area contributed by atoms with Crippen molar-refractivity contribution in [3.63, 3.8) is 0 Å². The van der Waals surface area contributed by atoms with E-state index in [-0.39, 0.29) is 67.0 Å². The van der Waals surface area contributed by atoms with Gasteiger partial charge in [-0.2, -0.15) is 0 Å². The van der Waals surface area contributed by atoms with Crippen LogP contribution in [0.3, 0.4) is 0 Å². The average molecular weight is 868 g/mol. The van der Waals surface area contributed by atoms with Crippen LogP contribution in [0.4, 0.5) is 11.4 Å². The molecule has 3 aromatic carbocycles. The van der Waals surface area contributed by atoms with Crippen LogP contribution in [0, 0.1) is 35.5 Å². The van der Waals surface area contributed by atoms with Crippen molar-refractivity contribution < 1.29 is 48.6 Å². The van der Waals surface area contributed by atoms with Crippen molar-refractivity contribution in [2.75, 3.05) is 23.3 Å². The molecule has 1 saturated heterocycles. The maximum atomic E-state index is 14.0. The van der Waals surface area contributed by atoms with Crippen LogP contribution >= 0.6 is 0 Å². The monoisotopic (exact) mass is 867 g/mol. The molecule has 63 heavy (non-hydrogen) atoms. The lowest BCUT2D eigenvalue weighted by molar-refractivity contribution is -0.158. The first-order valence-electron chi connectivity index (χ1n) is 21.6. The van der Waals surface area contributed by atoms with Gasteiger partial charge in [-0.25, -0.2) is 4.98 Å². The summed E-state index contributed by atoms with van der Waals surface area (Å²) in [6, 6.07) is 4.25. The molecule has 8 rings (SSSR count). The summed E-state index contributed by atoms with van der Waals surface area (Å²) < 4.78 is 24.5. The van der Waals surface area contributed by atoms with E-state index in [9.17, 15) is 39.6 Å². The summed E-state index contributed by atoms with van der Waals surface area (Å²) in [4.78, 5) is 61.0. The number of aromatic hydroxyl groups is 1. The van der Waals surface area contributed by atoms with Crippen molar-refractivity contribution in [1.29, 1.82) is 0 Å². The zero-order chi connectivity index (χ0) is 45.8. The highest BCUT2D eigenvalue weighted by atomic mass is 16.7. The van der Waals surface area contributed by atoms with Crippen LogP contribution in [0.15, 0.2) is 68.3 Å². The zero-order valence-electron chi connectivity index (χ0n) is 37.1. The highest BCUT2D eigenvalue weighted by Gasteiger charge is 2.43. The fourth-order valence-electron chi connectivity index (χ4n) is 8.98. The Morgan fingerprint density at radius 1 is 0.889 bits per heavy atom. The van der Waals surface area contributed by atoms with Crippen molar-refractivity contribution in [3.05, 3.63) is 80.0 Å². The van der Waals surface area contributed by atoms with Crippen LogP contribution < -0.4 is 31.0 Å². The minimum Gasteiger partial charge on any atom is -0.505 e. The number of aliphatic hydroxyl groups is 3. The summed E-state index contributed by atoms with van der Waals surface area (Å²) in [7, 11) is 0. The lowest BCUT2D eigenvalue weighted by atomic mass is 9.77. The maximum absolute atomic E-state index is 14.0. The topological polar surface area (TPSA) is 218 Å². The van der Waals surface area contributed by atoms with Crippen molar-refractivity contribution in [3.8, 4) is 11.5 Å². The number of allylic oxidation sites excluding steroid dienone is 3. The summed E-state index contributed by atoms with van der Waals surface area (Å²) in [5.41, 5.74) is -1.01. The van der Waals surface area contributed by atoms with Gasteiger partial charge in [0.25, 0.3) is 5.91 Å². The van der Waals surface area contributed by atoms with Gasteiger partial charge in [-0.1, -0.05) is 59.8 Å². The molecule has 4 aromatic rings. The standard InChI is InChI=1S/C48H57N3O12/c1-22-13-16-51(17-14-22)30-19-32(54)38-34(20-30)62-45-39(49-38)37-35-31(53)21-33-36(37)46(58)48(9,63-33)60-18-15-23(2)26(5)44(61-29(8)52)28(7)42(56)27(6)41(55)24(3)11-10-12-25(4)47(59)50-40(45)43(35)57/h10-12,15,18-24,26-28,41-42,44,55-58H,13-14,16-17H2,1-9H3,(H,50,59)/b11-10+,18-15+,25-12-/t23-,24-,26+,27+,28+,41-,42+,44+,48-/m0/s1.